The van der Waals surface area contributed by atoms with Crippen LogP contribution in [0.5, 0.6) is 0 Å². The van der Waals surface area contributed by atoms with Gasteiger partial charge in [0.05, 0.1) is 5.76 Å². The first-order valence-corrected chi connectivity index (χ1v) is 12.0. The maximum Gasteiger partial charge on any atom is 0.155 e. The zero-order valence-corrected chi connectivity index (χ0v) is 23.9. The third-order valence-corrected chi connectivity index (χ3v) is 6.15. The largest absolute Gasteiger partial charge is 0.512 e. The number of fused-ring (bicyclic) bond motifs is 4. The van der Waals surface area contributed by atoms with E-state index in [0.29, 0.717) is 5.39 Å². The molecule has 0 saturated carbocycles. The van der Waals surface area contributed by atoms with Crippen molar-refractivity contribution in [3.63, 3.8) is 0 Å². The van der Waals surface area contributed by atoms with Gasteiger partial charge in [0.15, 0.2) is 5.78 Å². The molecule has 191 valence electrons. The van der Waals surface area contributed by atoms with Crippen molar-refractivity contribution in [2.45, 2.75) is 40.5 Å². The summed E-state index contributed by atoms with van der Waals surface area (Å²) in [5, 5.41) is 14.5. The number of hydrogen-bond donors (Lipinski definition) is 1. The third-order valence-electron chi connectivity index (χ3n) is 6.15. The number of aliphatic hydroxyl groups is 1. The first kappa shape index (κ1) is 28.2. The van der Waals surface area contributed by atoms with Gasteiger partial charge >= 0.3 is 0 Å². The summed E-state index contributed by atoms with van der Waals surface area (Å²) in [5.41, 5.74) is 3.57. The molecule has 0 unspecified atom stereocenters. The second-order valence-electron chi connectivity index (χ2n) is 9.35. The molecule has 3 nitrogen and oxygen atoms in total. The minimum atomic E-state index is -0.148. The van der Waals surface area contributed by atoms with Crippen LogP contribution >= 0.6 is 0 Å². The maximum absolute atomic E-state index is 15.1. The van der Waals surface area contributed by atoms with E-state index in [0.717, 1.165) is 27.6 Å². The number of rotatable bonds is 3. The van der Waals surface area contributed by atoms with E-state index in [2.05, 4.69) is 60.4 Å². The van der Waals surface area contributed by atoms with Crippen molar-refractivity contribution >= 4 is 38.1 Å². The Morgan fingerprint density at radius 1 is 1.00 bits per heavy atom. The third kappa shape index (κ3) is 5.95. The number of aromatic nitrogens is 1. The van der Waals surface area contributed by atoms with Gasteiger partial charge in [0.1, 0.15) is 5.82 Å². The van der Waals surface area contributed by atoms with E-state index in [4.69, 9.17) is 5.11 Å². The van der Waals surface area contributed by atoms with E-state index in [1.165, 1.54) is 41.6 Å². The van der Waals surface area contributed by atoms with Crippen molar-refractivity contribution in [2.75, 3.05) is 0 Å². The molecular formula is C32H29FIrNO2-. The molecule has 0 fully saturated rings. The van der Waals surface area contributed by atoms with Crippen molar-refractivity contribution < 1.29 is 34.4 Å². The molecular weight excluding hydrogens is 642 g/mol. The van der Waals surface area contributed by atoms with Gasteiger partial charge in [-0.3, -0.25) is 9.78 Å². The van der Waals surface area contributed by atoms with Crippen LogP contribution in [0.25, 0.3) is 43.6 Å². The predicted octanol–water partition coefficient (Wildman–Crippen LogP) is 8.61. The van der Waals surface area contributed by atoms with Crippen LogP contribution in [0.3, 0.4) is 0 Å². The number of allylic oxidation sites excluding steroid dienone is 2. The average Bonchev–Trinajstić information content (AvgIpc) is 2.83. The summed E-state index contributed by atoms with van der Waals surface area (Å²) in [6.45, 7) is 8.99. The Hall–Kier alpha value is -3.40. The number of carbonyl (C=O) groups excluding carboxylic acids is 1. The number of halogens is 1. The fraction of sp³-hybridized carbons (Fsp3) is 0.188. The molecule has 0 bridgehead atoms. The molecule has 1 heterocycles. The van der Waals surface area contributed by atoms with Crippen molar-refractivity contribution in [2.24, 2.45) is 0 Å². The Morgan fingerprint density at radius 3 is 2.38 bits per heavy atom. The zero-order valence-electron chi connectivity index (χ0n) is 21.5. The van der Waals surface area contributed by atoms with E-state index in [-0.39, 0.29) is 43.4 Å². The fourth-order valence-corrected chi connectivity index (χ4v) is 4.59. The van der Waals surface area contributed by atoms with Gasteiger partial charge in [-0.1, -0.05) is 74.2 Å². The van der Waals surface area contributed by atoms with Gasteiger partial charge in [-0.15, -0.1) is 29.1 Å². The van der Waals surface area contributed by atoms with Crippen molar-refractivity contribution in [3.8, 4) is 11.3 Å². The van der Waals surface area contributed by atoms with E-state index in [9.17, 15) is 4.79 Å². The van der Waals surface area contributed by atoms with Crippen LogP contribution in [0.2, 0.25) is 0 Å². The molecule has 0 aliphatic heterocycles. The summed E-state index contributed by atoms with van der Waals surface area (Å²) in [6, 6.07) is 23.9. The second kappa shape index (κ2) is 11.8. The van der Waals surface area contributed by atoms with E-state index in [1.807, 2.05) is 26.0 Å². The predicted molar refractivity (Wildman–Crippen MR) is 147 cm³/mol. The van der Waals surface area contributed by atoms with Gasteiger partial charge in [-0.25, -0.2) is 4.39 Å². The number of ketones is 1. The number of aliphatic hydroxyl groups excluding tert-OH is 1. The van der Waals surface area contributed by atoms with E-state index < -0.39 is 0 Å². The van der Waals surface area contributed by atoms with Crippen LogP contribution in [0, 0.1) is 18.8 Å². The van der Waals surface area contributed by atoms with E-state index in [1.54, 1.807) is 12.3 Å². The number of aryl methyl sites for hydroxylation is 1. The molecule has 5 heteroatoms. The Morgan fingerprint density at radius 2 is 1.73 bits per heavy atom. The van der Waals surface area contributed by atoms with Gasteiger partial charge in [0.2, 0.25) is 0 Å². The molecule has 4 aromatic carbocycles. The Kier molecular flexibility index (Phi) is 8.96. The summed E-state index contributed by atoms with van der Waals surface area (Å²) in [4.78, 5) is 14.6. The molecule has 0 aliphatic rings. The normalized spacial score (nSPS) is 11.4. The number of nitrogens with zero attached hydrogens (tertiary/aromatic N) is 1. The smallest absolute Gasteiger partial charge is 0.155 e. The topological polar surface area (TPSA) is 50.2 Å². The minimum Gasteiger partial charge on any atom is -0.512 e. The molecule has 0 saturated heterocycles. The van der Waals surface area contributed by atoms with Crippen LogP contribution in [-0.4, -0.2) is 15.9 Å². The van der Waals surface area contributed by atoms with Gasteiger partial charge in [-0.05, 0) is 47.6 Å². The molecule has 0 amide bonds. The summed E-state index contributed by atoms with van der Waals surface area (Å²) in [5.74, 6) is -0.0732. The zero-order chi connectivity index (χ0) is 26.0. The van der Waals surface area contributed by atoms with Crippen LogP contribution in [0.15, 0.2) is 78.7 Å². The monoisotopic (exact) mass is 671 g/mol. The van der Waals surface area contributed by atoms with Crippen LogP contribution in [0.4, 0.5) is 4.39 Å². The summed E-state index contributed by atoms with van der Waals surface area (Å²) >= 11 is 0. The maximum atomic E-state index is 15.1. The van der Waals surface area contributed by atoms with Gasteiger partial charge in [-0.2, -0.15) is 0 Å². The standard InChI is InChI=1S/C27H21FN.C5H8O2.Ir/c1-16(2)21-10-11-24-23(26(21)28)12-13-29-27(24)20-14-17(3)25-19(15-20)9-8-18-6-4-5-7-22(18)25;1-4(6)3-5(2)7;/h4-14,16H,1-3H3;3,6H,1-2H3;/q-1;;/b;4-3-;. The quantitative estimate of drug-likeness (QED) is 0.0906. The minimum absolute atomic E-state index is 0. The van der Waals surface area contributed by atoms with Crippen molar-refractivity contribution in [1.29, 1.82) is 0 Å². The van der Waals surface area contributed by atoms with Crippen molar-refractivity contribution in [1.82, 2.24) is 4.98 Å². The van der Waals surface area contributed by atoms with Crippen LogP contribution in [-0.2, 0) is 24.9 Å². The number of carbonyl (C=O) groups is 1. The summed E-state index contributed by atoms with van der Waals surface area (Å²) < 4.78 is 15.1. The van der Waals surface area contributed by atoms with Crippen LogP contribution < -0.4 is 0 Å². The summed E-state index contributed by atoms with van der Waals surface area (Å²) in [7, 11) is 0. The molecule has 0 aliphatic carbocycles. The van der Waals surface area contributed by atoms with E-state index >= 15 is 4.39 Å². The number of benzene rings is 4. The molecule has 5 aromatic rings. The Labute approximate surface area is 230 Å². The Balaban J connectivity index is 0.000000422. The fourth-order valence-electron chi connectivity index (χ4n) is 4.59. The first-order chi connectivity index (χ1) is 17.2. The molecule has 1 radical (unpaired) electrons. The van der Waals surface area contributed by atoms with Gasteiger partial charge in [0.25, 0.3) is 0 Å². The molecule has 0 atom stereocenters. The molecule has 5 rings (SSSR count). The van der Waals surface area contributed by atoms with Crippen LogP contribution in [0.1, 0.15) is 44.7 Å². The molecule has 1 aromatic heterocycles. The Bertz CT molecular complexity index is 1640. The number of pyridine rings is 1. The second-order valence-corrected chi connectivity index (χ2v) is 9.35. The SMILES string of the molecule is CC(=O)/C=C(/C)O.Cc1cc(-c2nccc3c(F)c(C(C)C)ccc23)[c-]c2ccc3ccccc3c12.[Ir]. The first-order valence-electron chi connectivity index (χ1n) is 12.0. The molecule has 1 N–H and O–H groups in total. The molecule has 0 spiro atoms. The number of hydrogen-bond acceptors (Lipinski definition) is 3. The summed E-state index contributed by atoms with van der Waals surface area (Å²) in [6.07, 6.45) is 2.86. The molecule has 37 heavy (non-hydrogen) atoms. The van der Waals surface area contributed by atoms with Gasteiger partial charge in [0, 0.05) is 43.5 Å². The van der Waals surface area contributed by atoms with Gasteiger partial charge < -0.3 is 5.11 Å². The average molecular weight is 671 g/mol. The van der Waals surface area contributed by atoms with Crippen molar-refractivity contribution in [3.05, 3.63) is 102 Å².